The number of nitrogens with zero attached hydrogens (tertiary/aromatic N) is 1. The number of rotatable bonds is 6. The van der Waals surface area contributed by atoms with E-state index in [4.69, 9.17) is 11.1 Å². The molecule has 4 N–H and O–H groups in total. The van der Waals surface area contributed by atoms with Crippen LogP contribution in [0.5, 0.6) is 5.75 Å². The maximum absolute atomic E-state index is 12.7. The van der Waals surface area contributed by atoms with Gasteiger partial charge in [0.15, 0.2) is 0 Å². The molecule has 0 spiro atoms. The van der Waals surface area contributed by atoms with Gasteiger partial charge in [0.2, 0.25) is 5.91 Å². The number of halogens is 3. The van der Waals surface area contributed by atoms with Crippen LogP contribution in [0.25, 0.3) is 0 Å². The molecule has 33 heavy (non-hydrogen) atoms. The number of ether oxygens (including phenoxy) is 1. The van der Waals surface area contributed by atoms with Crippen LogP contribution in [0.15, 0.2) is 51.5 Å². The number of amides is 2. The van der Waals surface area contributed by atoms with E-state index in [1.165, 1.54) is 24.3 Å². The van der Waals surface area contributed by atoms with Gasteiger partial charge in [-0.25, -0.2) is 4.99 Å². The predicted molar refractivity (Wildman–Crippen MR) is 120 cm³/mol. The zero-order chi connectivity index (χ0) is 24.2. The Morgan fingerprint density at radius 1 is 1.27 bits per heavy atom. The molecule has 1 unspecified atom stereocenters. The molecule has 11 heteroatoms. The van der Waals surface area contributed by atoms with Crippen LogP contribution in [0.2, 0.25) is 0 Å². The normalized spacial score (nSPS) is 20.5. The number of carbonyl (C=O) groups excluding carboxylic acids is 2. The molecule has 7 nitrogen and oxygen atoms in total. The molecule has 0 fully saturated rings. The lowest BCUT2D eigenvalue weighted by Gasteiger charge is -2.27. The van der Waals surface area contributed by atoms with Gasteiger partial charge in [0.05, 0.1) is 15.8 Å². The Bertz CT molecular complexity index is 1050. The summed E-state index contributed by atoms with van der Waals surface area (Å²) >= 11 is 1.12. The molecule has 0 bridgehead atoms. The number of aliphatic imine (C=N–C) groups is 1. The van der Waals surface area contributed by atoms with E-state index in [2.05, 4.69) is 15.0 Å². The maximum atomic E-state index is 12.7. The van der Waals surface area contributed by atoms with Gasteiger partial charge in [0.1, 0.15) is 5.75 Å². The van der Waals surface area contributed by atoms with E-state index in [-0.39, 0.29) is 24.0 Å². The first-order valence-corrected chi connectivity index (χ1v) is 11.1. The largest absolute Gasteiger partial charge is 0.573 e. The molecule has 1 aromatic rings. The summed E-state index contributed by atoms with van der Waals surface area (Å²) in [6.07, 6.45) is -0.786. The quantitative estimate of drug-likeness (QED) is 0.546. The van der Waals surface area contributed by atoms with Crippen LogP contribution >= 0.6 is 11.8 Å². The maximum Gasteiger partial charge on any atom is 0.573 e. The van der Waals surface area contributed by atoms with E-state index in [1.54, 1.807) is 6.08 Å². The van der Waals surface area contributed by atoms with Crippen LogP contribution in [0, 0.1) is 11.3 Å². The number of alkyl halides is 3. The van der Waals surface area contributed by atoms with Gasteiger partial charge in [-0.2, -0.15) is 0 Å². The molecule has 2 aliphatic rings. The topological polar surface area (TPSA) is 118 Å². The highest BCUT2D eigenvalue weighted by atomic mass is 32.2. The highest BCUT2D eigenvalue weighted by Gasteiger charge is 2.32. The fraction of sp³-hybridized carbons (Fsp3) is 0.364. The van der Waals surface area contributed by atoms with Crippen LogP contribution in [0.1, 0.15) is 39.0 Å². The van der Waals surface area contributed by atoms with Crippen LogP contribution < -0.4 is 15.8 Å². The number of nitrogens with two attached hydrogens (primary N) is 1. The van der Waals surface area contributed by atoms with Gasteiger partial charge in [-0.3, -0.25) is 9.59 Å². The van der Waals surface area contributed by atoms with Gasteiger partial charge in [-0.1, -0.05) is 24.8 Å². The minimum atomic E-state index is -4.78. The van der Waals surface area contributed by atoms with E-state index >= 15 is 0 Å². The highest BCUT2D eigenvalue weighted by Crippen LogP contribution is 2.38. The van der Waals surface area contributed by atoms with Gasteiger partial charge in [-0.05, 0) is 49.9 Å². The molecule has 3 rings (SSSR count). The number of primary amides is 1. The van der Waals surface area contributed by atoms with Gasteiger partial charge >= 0.3 is 6.36 Å². The zero-order valence-corrected chi connectivity index (χ0v) is 18.6. The van der Waals surface area contributed by atoms with Crippen molar-refractivity contribution in [1.29, 1.82) is 5.41 Å². The molecule has 1 heterocycles. The van der Waals surface area contributed by atoms with E-state index in [0.29, 0.717) is 58.3 Å². The average Bonchev–Trinajstić information content (AvgIpc) is 2.74. The van der Waals surface area contributed by atoms with Crippen LogP contribution in [-0.4, -0.2) is 28.9 Å². The first-order chi connectivity index (χ1) is 15.6. The van der Waals surface area contributed by atoms with E-state index in [9.17, 15) is 22.8 Å². The Hall–Kier alpha value is -3.08. The molecule has 1 aromatic carbocycles. The third-order valence-corrected chi connectivity index (χ3v) is 6.38. The molecule has 2 amide bonds. The number of carbonyl (C=O) groups is 2. The lowest BCUT2D eigenvalue weighted by atomic mass is 9.96. The molecule has 1 atom stereocenters. The highest BCUT2D eigenvalue weighted by molar-refractivity contribution is 8.17. The predicted octanol–water partition coefficient (Wildman–Crippen LogP) is 4.72. The third-order valence-electron chi connectivity index (χ3n) is 5.19. The average molecular weight is 481 g/mol. The number of thioether (sulfide) groups is 1. The van der Waals surface area contributed by atoms with Crippen LogP contribution in [0.3, 0.4) is 0 Å². The van der Waals surface area contributed by atoms with E-state index in [1.807, 2.05) is 6.92 Å². The van der Waals surface area contributed by atoms with Crippen LogP contribution in [-0.2, 0) is 9.59 Å². The van der Waals surface area contributed by atoms with Gasteiger partial charge < -0.3 is 21.2 Å². The second-order valence-electron chi connectivity index (χ2n) is 7.57. The standard InChI is InChI=1S/C22H23F3N4O3S/c1-2-12-11-17(18(27)30)21(29-19(31)13-3-5-14(26)6-4-13)33-20(12)28-15-7-9-16(10-8-15)32-22(23,24)25/h3,7-10,12,26H,2,4-6,11H2,1H3,(H2,27,30)(H,29,31). The number of nitrogens with one attached hydrogen (secondary N) is 2. The van der Waals surface area contributed by atoms with Crippen molar-refractivity contribution in [3.05, 3.63) is 46.5 Å². The third kappa shape index (κ3) is 6.70. The molecular formula is C22H23F3N4O3S. The Labute approximate surface area is 192 Å². The number of hydrogen-bond donors (Lipinski definition) is 3. The van der Waals surface area contributed by atoms with Crippen molar-refractivity contribution in [2.75, 3.05) is 0 Å². The minimum absolute atomic E-state index is 0.140. The molecule has 0 aromatic heterocycles. The lowest BCUT2D eigenvalue weighted by Crippen LogP contribution is -2.33. The Balaban J connectivity index is 1.84. The van der Waals surface area contributed by atoms with E-state index in [0.717, 1.165) is 11.8 Å². The summed E-state index contributed by atoms with van der Waals surface area (Å²) < 4.78 is 41.0. The second kappa shape index (κ2) is 10.2. The van der Waals surface area contributed by atoms with Gasteiger partial charge in [0, 0.05) is 29.2 Å². The molecule has 0 saturated carbocycles. The van der Waals surface area contributed by atoms with Gasteiger partial charge in [-0.15, -0.1) is 13.2 Å². The molecule has 1 aliphatic heterocycles. The van der Waals surface area contributed by atoms with Gasteiger partial charge in [0.25, 0.3) is 5.91 Å². The summed E-state index contributed by atoms with van der Waals surface area (Å²) in [6, 6.07) is 5.13. The number of hydrogen-bond acceptors (Lipinski definition) is 6. The Morgan fingerprint density at radius 3 is 2.52 bits per heavy atom. The molecule has 176 valence electrons. The molecule has 0 saturated heterocycles. The number of allylic oxidation sites excluding steroid dienone is 1. The van der Waals surface area contributed by atoms with Crippen molar-refractivity contribution >= 4 is 40.0 Å². The van der Waals surface area contributed by atoms with E-state index < -0.39 is 12.3 Å². The summed E-state index contributed by atoms with van der Waals surface area (Å²) in [4.78, 5) is 29.3. The molecule has 1 aliphatic carbocycles. The van der Waals surface area contributed by atoms with Crippen molar-refractivity contribution in [1.82, 2.24) is 5.32 Å². The SMILES string of the molecule is CCC1CC(C(N)=O)=C(NC(=O)C2=CCC(=N)CC2)SC1=Nc1ccc(OC(F)(F)F)cc1. The monoisotopic (exact) mass is 480 g/mol. The first kappa shape index (κ1) is 24.6. The van der Waals surface area contributed by atoms with Crippen molar-refractivity contribution in [2.24, 2.45) is 16.6 Å². The fourth-order valence-electron chi connectivity index (χ4n) is 3.40. The van der Waals surface area contributed by atoms with Crippen molar-refractivity contribution in [3.8, 4) is 5.75 Å². The van der Waals surface area contributed by atoms with Crippen LogP contribution in [0.4, 0.5) is 18.9 Å². The Kier molecular flexibility index (Phi) is 7.62. The molecular weight excluding hydrogens is 457 g/mol. The summed E-state index contributed by atoms with van der Waals surface area (Å²) in [5, 5.41) is 11.3. The summed E-state index contributed by atoms with van der Waals surface area (Å²) in [7, 11) is 0. The summed E-state index contributed by atoms with van der Waals surface area (Å²) in [5.74, 6) is -1.49. The lowest BCUT2D eigenvalue weighted by molar-refractivity contribution is -0.274. The van der Waals surface area contributed by atoms with Crippen molar-refractivity contribution < 1.29 is 27.5 Å². The van der Waals surface area contributed by atoms with Crippen molar-refractivity contribution in [3.63, 3.8) is 0 Å². The summed E-state index contributed by atoms with van der Waals surface area (Å²) in [6.45, 7) is 1.92. The number of benzene rings is 1. The first-order valence-electron chi connectivity index (χ1n) is 10.3. The van der Waals surface area contributed by atoms with Crippen molar-refractivity contribution in [2.45, 2.75) is 45.4 Å². The fourth-order valence-corrected chi connectivity index (χ4v) is 4.63. The second-order valence-corrected chi connectivity index (χ2v) is 8.60. The molecule has 0 radical (unpaired) electrons. The zero-order valence-electron chi connectivity index (χ0n) is 17.8. The smallest absolute Gasteiger partial charge is 0.406 e. The minimum Gasteiger partial charge on any atom is -0.406 e. The Morgan fingerprint density at radius 2 is 1.97 bits per heavy atom. The summed E-state index contributed by atoms with van der Waals surface area (Å²) in [5.41, 5.74) is 7.37.